The largest absolute Gasteiger partial charge is 0.497 e. The van der Waals surface area contributed by atoms with E-state index in [4.69, 9.17) is 4.74 Å². The van der Waals surface area contributed by atoms with Crippen molar-refractivity contribution in [3.8, 4) is 5.75 Å². The first-order chi connectivity index (χ1) is 10.6. The fraction of sp³-hybridized carbons (Fsp3) is 0.250. The minimum Gasteiger partial charge on any atom is -0.497 e. The van der Waals surface area contributed by atoms with Crippen LogP contribution in [0.1, 0.15) is 0 Å². The van der Waals surface area contributed by atoms with Crippen molar-refractivity contribution in [1.82, 2.24) is 0 Å². The monoisotopic (exact) mass is 335 g/mol. The highest BCUT2D eigenvalue weighted by atomic mass is 32.2. The Bertz CT molecular complexity index is 726. The van der Waals surface area contributed by atoms with Crippen molar-refractivity contribution >= 4 is 27.5 Å². The summed E-state index contributed by atoms with van der Waals surface area (Å²) < 4.78 is 32.5. The summed E-state index contributed by atoms with van der Waals surface area (Å²) in [6.07, 6.45) is 0. The Kier molecular flexibility index (Phi) is 4.31. The summed E-state index contributed by atoms with van der Waals surface area (Å²) in [7, 11) is -1.96. The van der Waals surface area contributed by atoms with Gasteiger partial charge in [0.2, 0.25) is 0 Å². The summed E-state index contributed by atoms with van der Waals surface area (Å²) in [5.41, 5.74) is 0.664. The van der Waals surface area contributed by atoms with Gasteiger partial charge in [-0.05, 0) is 36.4 Å². The molecule has 0 amide bonds. The van der Waals surface area contributed by atoms with Crippen molar-refractivity contribution in [2.24, 2.45) is 0 Å². The molecule has 0 saturated carbocycles. The number of sulfonamides is 1. The normalized spacial score (nSPS) is 17.0. The molecule has 0 radical (unpaired) electrons. The Labute approximate surface area is 135 Å². The summed E-state index contributed by atoms with van der Waals surface area (Å²) >= 11 is 1.78. The second-order valence-corrected chi connectivity index (χ2v) is 8.20. The first-order valence-corrected chi connectivity index (χ1v) is 9.43. The quantitative estimate of drug-likeness (QED) is 0.762. The van der Waals surface area contributed by atoms with E-state index in [9.17, 15) is 8.42 Å². The third-order valence-electron chi connectivity index (χ3n) is 3.46. The second-order valence-electron chi connectivity index (χ2n) is 5.00. The number of hydrogen-bond acceptors (Lipinski definition) is 4. The zero-order valence-electron chi connectivity index (χ0n) is 12.2. The number of ether oxygens (including phenoxy) is 1. The van der Waals surface area contributed by atoms with Gasteiger partial charge < -0.3 is 4.74 Å². The first-order valence-electron chi connectivity index (χ1n) is 6.95. The second kappa shape index (κ2) is 6.22. The third kappa shape index (κ3) is 3.23. The van der Waals surface area contributed by atoms with Crippen molar-refractivity contribution in [2.45, 2.75) is 10.1 Å². The number of nitrogens with zero attached hydrogens (tertiary/aromatic N) is 1. The summed E-state index contributed by atoms with van der Waals surface area (Å²) in [6.45, 7) is 0.494. The van der Waals surface area contributed by atoms with E-state index in [0.29, 0.717) is 28.1 Å². The number of methoxy groups -OCH3 is 1. The molecule has 0 spiro atoms. The van der Waals surface area contributed by atoms with Crippen LogP contribution in [0.4, 0.5) is 5.69 Å². The van der Waals surface area contributed by atoms with Crippen molar-refractivity contribution in [3.05, 3.63) is 54.6 Å². The molecule has 0 aromatic heterocycles. The maximum Gasteiger partial charge on any atom is 0.264 e. The average molecular weight is 335 g/mol. The highest BCUT2D eigenvalue weighted by molar-refractivity contribution is 8.07. The van der Waals surface area contributed by atoms with Crippen LogP contribution in [-0.4, -0.2) is 33.1 Å². The van der Waals surface area contributed by atoms with Crippen molar-refractivity contribution < 1.29 is 13.2 Å². The molecular weight excluding hydrogens is 318 g/mol. The Morgan fingerprint density at radius 2 is 1.77 bits per heavy atom. The van der Waals surface area contributed by atoms with E-state index in [1.54, 1.807) is 67.4 Å². The summed E-state index contributed by atoms with van der Waals surface area (Å²) in [4.78, 5) is 0.316. The number of benzene rings is 2. The SMILES string of the molecule is COc1ccc(N(C[C@@H]2CS2)S(=O)(=O)c2ccccc2)cc1. The lowest BCUT2D eigenvalue weighted by Crippen LogP contribution is -2.34. The number of anilines is 1. The Hall–Kier alpha value is -1.66. The minimum atomic E-state index is -3.55. The molecule has 1 saturated heterocycles. The van der Waals surface area contributed by atoms with Crippen LogP contribution in [0.2, 0.25) is 0 Å². The predicted octanol–water partition coefficient (Wildman–Crippen LogP) is 3.01. The predicted molar refractivity (Wildman–Crippen MR) is 90.2 cm³/mol. The van der Waals surface area contributed by atoms with Crippen LogP contribution in [0.25, 0.3) is 0 Å². The van der Waals surface area contributed by atoms with Gasteiger partial charge in [0.1, 0.15) is 5.75 Å². The molecule has 4 nitrogen and oxygen atoms in total. The van der Waals surface area contributed by atoms with Gasteiger partial charge in [-0.25, -0.2) is 8.42 Å². The maximum atomic E-state index is 12.9. The smallest absolute Gasteiger partial charge is 0.264 e. The van der Waals surface area contributed by atoms with Gasteiger partial charge in [0.05, 0.1) is 17.7 Å². The summed E-state index contributed by atoms with van der Waals surface area (Å²) in [5, 5.41) is 0.376. The van der Waals surface area contributed by atoms with E-state index in [1.165, 1.54) is 4.31 Å². The van der Waals surface area contributed by atoms with Gasteiger partial charge in [-0.15, -0.1) is 0 Å². The molecule has 2 aromatic rings. The number of hydrogen-bond donors (Lipinski definition) is 0. The molecule has 0 N–H and O–H groups in total. The van der Waals surface area contributed by atoms with Gasteiger partial charge >= 0.3 is 0 Å². The summed E-state index contributed by atoms with van der Waals surface area (Å²) in [6, 6.07) is 15.7. The van der Waals surface area contributed by atoms with Crippen LogP contribution in [0.3, 0.4) is 0 Å². The van der Waals surface area contributed by atoms with Crippen LogP contribution in [0.5, 0.6) is 5.75 Å². The van der Waals surface area contributed by atoms with E-state index in [-0.39, 0.29) is 0 Å². The molecule has 3 rings (SSSR count). The molecule has 1 fully saturated rings. The zero-order chi connectivity index (χ0) is 15.6. The fourth-order valence-corrected chi connectivity index (χ4v) is 4.29. The lowest BCUT2D eigenvalue weighted by atomic mass is 10.3. The molecule has 0 unspecified atom stereocenters. The molecule has 1 heterocycles. The van der Waals surface area contributed by atoms with Gasteiger partial charge in [-0.3, -0.25) is 4.31 Å². The topological polar surface area (TPSA) is 46.6 Å². The van der Waals surface area contributed by atoms with Gasteiger partial charge in [-0.1, -0.05) is 18.2 Å². The Balaban J connectivity index is 1.98. The van der Waals surface area contributed by atoms with Crippen LogP contribution in [-0.2, 0) is 10.0 Å². The lowest BCUT2D eigenvalue weighted by Gasteiger charge is -2.24. The number of thioether (sulfide) groups is 1. The molecule has 0 bridgehead atoms. The third-order valence-corrected chi connectivity index (χ3v) is 6.23. The molecule has 1 atom stereocenters. The molecule has 1 aliphatic rings. The molecule has 0 aliphatic carbocycles. The average Bonchev–Trinajstić information content (AvgIpc) is 3.38. The van der Waals surface area contributed by atoms with Crippen molar-refractivity contribution in [3.63, 3.8) is 0 Å². The van der Waals surface area contributed by atoms with Crippen LogP contribution in [0.15, 0.2) is 59.5 Å². The molecule has 116 valence electrons. The van der Waals surface area contributed by atoms with E-state index < -0.39 is 10.0 Å². The van der Waals surface area contributed by atoms with Crippen LogP contribution < -0.4 is 9.04 Å². The van der Waals surface area contributed by atoms with E-state index in [0.717, 1.165) is 5.75 Å². The Morgan fingerprint density at radius 3 is 2.32 bits per heavy atom. The standard InChI is InChI=1S/C16H17NO3S2/c1-20-14-9-7-13(8-10-14)17(11-15-12-21-15)22(18,19)16-5-3-2-4-6-16/h2-10,15H,11-12H2,1H3/t15-/m1/s1. The highest BCUT2D eigenvalue weighted by Gasteiger charge is 2.32. The molecule has 6 heteroatoms. The molecule has 2 aromatic carbocycles. The van der Waals surface area contributed by atoms with Crippen LogP contribution in [0, 0.1) is 0 Å². The molecule has 1 aliphatic heterocycles. The molecular formula is C16H17NO3S2. The number of rotatable bonds is 6. The van der Waals surface area contributed by atoms with Crippen molar-refractivity contribution in [1.29, 1.82) is 0 Å². The van der Waals surface area contributed by atoms with Gasteiger partial charge in [0, 0.05) is 17.5 Å². The Morgan fingerprint density at radius 1 is 1.14 bits per heavy atom. The van der Waals surface area contributed by atoms with E-state index in [2.05, 4.69) is 0 Å². The highest BCUT2D eigenvalue weighted by Crippen LogP contribution is 2.34. The first kappa shape index (κ1) is 15.2. The summed E-state index contributed by atoms with van der Waals surface area (Å²) in [5.74, 6) is 1.72. The van der Waals surface area contributed by atoms with Gasteiger partial charge in [0.25, 0.3) is 10.0 Å². The van der Waals surface area contributed by atoms with Gasteiger partial charge in [0.15, 0.2) is 0 Å². The zero-order valence-corrected chi connectivity index (χ0v) is 13.8. The van der Waals surface area contributed by atoms with E-state index >= 15 is 0 Å². The minimum absolute atomic E-state index is 0.316. The van der Waals surface area contributed by atoms with Crippen molar-refractivity contribution in [2.75, 3.05) is 23.7 Å². The maximum absolute atomic E-state index is 12.9. The van der Waals surface area contributed by atoms with Gasteiger partial charge in [-0.2, -0.15) is 11.8 Å². The molecule has 22 heavy (non-hydrogen) atoms. The lowest BCUT2D eigenvalue weighted by molar-refractivity contribution is 0.415. The van der Waals surface area contributed by atoms with Crippen LogP contribution >= 0.6 is 11.8 Å². The fourth-order valence-electron chi connectivity index (χ4n) is 2.17. The van der Waals surface area contributed by atoms with E-state index in [1.807, 2.05) is 6.07 Å².